The van der Waals surface area contributed by atoms with Gasteiger partial charge in [0, 0.05) is 30.5 Å². The van der Waals surface area contributed by atoms with Crippen LogP contribution in [0.1, 0.15) is 28.9 Å². The second-order valence-corrected chi connectivity index (χ2v) is 6.09. The molecule has 0 saturated heterocycles. The molecule has 0 N–H and O–H groups in total. The summed E-state index contributed by atoms with van der Waals surface area (Å²) in [6, 6.07) is 5.95. The number of benzene rings is 1. The molecule has 1 aliphatic heterocycles. The lowest BCUT2D eigenvalue weighted by atomic mass is 10.00. The van der Waals surface area contributed by atoms with E-state index in [1.165, 1.54) is 5.56 Å². The molecule has 0 fully saturated rings. The second kappa shape index (κ2) is 6.07. The van der Waals surface area contributed by atoms with Crippen LogP contribution in [0.4, 0.5) is 5.69 Å². The molecule has 5 heteroatoms. The molecule has 0 bridgehead atoms. The van der Waals surface area contributed by atoms with Crippen LogP contribution >= 0.6 is 0 Å². The standard InChI is InChI=1S/C18H23N3O2/c1-12-16(13(2)20(3)19-12)11-18(22)21-9-5-6-14-10-15(23-4)7-8-17(14)21/h7-8,10H,5-6,9,11H2,1-4H3. The van der Waals surface area contributed by atoms with Crippen molar-refractivity contribution in [2.24, 2.45) is 7.05 Å². The highest BCUT2D eigenvalue weighted by atomic mass is 16.5. The Morgan fingerprint density at radius 3 is 2.78 bits per heavy atom. The van der Waals surface area contributed by atoms with E-state index in [1.807, 2.05) is 48.7 Å². The van der Waals surface area contributed by atoms with Gasteiger partial charge in [-0.05, 0) is 50.5 Å². The second-order valence-electron chi connectivity index (χ2n) is 6.09. The predicted octanol–water partition coefficient (Wildman–Crippen LogP) is 2.57. The summed E-state index contributed by atoms with van der Waals surface area (Å²) in [5.41, 5.74) is 5.23. The molecule has 5 nitrogen and oxygen atoms in total. The van der Waals surface area contributed by atoms with Crippen molar-refractivity contribution in [1.82, 2.24) is 9.78 Å². The van der Waals surface area contributed by atoms with Crippen LogP contribution in [0.5, 0.6) is 5.75 Å². The average Bonchev–Trinajstić information content (AvgIpc) is 2.79. The van der Waals surface area contributed by atoms with Crippen LogP contribution in [0.25, 0.3) is 0 Å². The minimum Gasteiger partial charge on any atom is -0.497 e. The molecule has 0 radical (unpaired) electrons. The first-order valence-electron chi connectivity index (χ1n) is 7.97. The molecule has 0 aliphatic carbocycles. The number of rotatable bonds is 3. The first kappa shape index (κ1) is 15.6. The number of aromatic nitrogens is 2. The summed E-state index contributed by atoms with van der Waals surface area (Å²) in [7, 11) is 3.58. The fourth-order valence-electron chi connectivity index (χ4n) is 3.28. The molecule has 0 unspecified atom stereocenters. The highest BCUT2D eigenvalue weighted by Crippen LogP contribution is 2.31. The van der Waals surface area contributed by atoms with E-state index < -0.39 is 0 Å². The maximum absolute atomic E-state index is 12.9. The van der Waals surface area contributed by atoms with Gasteiger partial charge in [-0.2, -0.15) is 5.10 Å². The molecular formula is C18H23N3O2. The number of hydrogen-bond acceptors (Lipinski definition) is 3. The topological polar surface area (TPSA) is 47.4 Å². The van der Waals surface area contributed by atoms with Crippen LogP contribution in [0.15, 0.2) is 18.2 Å². The maximum atomic E-state index is 12.9. The summed E-state index contributed by atoms with van der Waals surface area (Å²) in [5.74, 6) is 0.979. The molecular weight excluding hydrogens is 290 g/mol. The molecule has 3 rings (SSSR count). The first-order chi connectivity index (χ1) is 11.0. The van der Waals surface area contributed by atoms with Gasteiger partial charge in [0.15, 0.2) is 0 Å². The van der Waals surface area contributed by atoms with Crippen molar-refractivity contribution in [2.45, 2.75) is 33.1 Å². The Morgan fingerprint density at radius 2 is 2.13 bits per heavy atom. The van der Waals surface area contributed by atoms with Crippen LogP contribution in [0, 0.1) is 13.8 Å². The summed E-state index contributed by atoms with van der Waals surface area (Å²) >= 11 is 0. The van der Waals surface area contributed by atoms with Crippen molar-refractivity contribution in [3.05, 3.63) is 40.7 Å². The minimum absolute atomic E-state index is 0.135. The SMILES string of the molecule is COc1ccc2c(c1)CCCN2C(=O)Cc1c(C)nn(C)c1C. The zero-order chi connectivity index (χ0) is 16.6. The molecule has 0 saturated carbocycles. The van der Waals surface area contributed by atoms with Crippen LogP contribution < -0.4 is 9.64 Å². The van der Waals surface area contributed by atoms with Gasteiger partial charge in [0.25, 0.3) is 0 Å². The molecule has 1 aliphatic rings. The predicted molar refractivity (Wildman–Crippen MR) is 90.1 cm³/mol. The average molecular weight is 313 g/mol. The number of carbonyl (C=O) groups excluding carboxylic acids is 1. The molecule has 23 heavy (non-hydrogen) atoms. The van der Waals surface area contributed by atoms with Gasteiger partial charge in [0.05, 0.1) is 19.2 Å². The lowest BCUT2D eigenvalue weighted by molar-refractivity contribution is -0.118. The quantitative estimate of drug-likeness (QED) is 0.875. The maximum Gasteiger partial charge on any atom is 0.231 e. The van der Waals surface area contributed by atoms with Crippen LogP contribution in [-0.2, 0) is 24.7 Å². The van der Waals surface area contributed by atoms with Crippen LogP contribution in [0.2, 0.25) is 0 Å². The Bertz CT molecular complexity index is 749. The molecule has 1 aromatic carbocycles. The number of ether oxygens (including phenoxy) is 1. The molecule has 1 amide bonds. The number of amides is 1. The van der Waals surface area contributed by atoms with Gasteiger partial charge < -0.3 is 9.64 Å². The molecule has 1 aromatic heterocycles. The van der Waals surface area contributed by atoms with E-state index in [0.717, 1.165) is 47.8 Å². The Hall–Kier alpha value is -2.30. The van der Waals surface area contributed by atoms with Crippen LogP contribution in [0.3, 0.4) is 0 Å². The number of hydrogen-bond donors (Lipinski definition) is 0. The molecule has 0 atom stereocenters. The fraction of sp³-hybridized carbons (Fsp3) is 0.444. The highest BCUT2D eigenvalue weighted by molar-refractivity contribution is 5.96. The largest absolute Gasteiger partial charge is 0.497 e. The normalized spacial score (nSPS) is 13.8. The molecule has 0 spiro atoms. The van der Waals surface area contributed by atoms with Crippen molar-refractivity contribution in [1.29, 1.82) is 0 Å². The van der Waals surface area contributed by atoms with Crippen LogP contribution in [-0.4, -0.2) is 29.3 Å². The summed E-state index contributed by atoms with van der Waals surface area (Å²) in [6.45, 7) is 4.75. The number of carbonyl (C=O) groups is 1. The van der Waals surface area contributed by atoms with E-state index in [-0.39, 0.29) is 5.91 Å². The van der Waals surface area contributed by atoms with E-state index in [2.05, 4.69) is 5.10 Å². The zero-order valence-corrected chi connectivity index (χ0v) is 14.2. The smallest absolute Gasteiger partial charge is 0.231 e. The third kappa shape index (κ3) is 2.83. The Morgan fingerprint density at radius 1 is 1.35 bits per heavy atom. The van der Waals surface area contributed by atoms with E-state index in [0.29, 0.717) is 6.42 Å². The lowest BCUT2D eigenvalue weighted by Crippen LogP contribution is -2.36. The summed E-state index contributed by atoms with van der Waals surface area (Å²) < 4.78 is 7.13. The molecule has 2 heterocycles. The van der Waals surface area contributed by atoms with Gasteiger partial charge in [0.1, 0.15) is 5.75 Å². The van der Waals surface area contributed by atoms with Gasteiger partial charge in [-0.15, -0.1) is 0 Å². The number of fused-ring (bicyclic) bond motifs is 1. The number of aryl methyl sites for hydroxylation is 3. The van der Waals surface area contributed by atoms with Crippen molar-refractivity contribution in [3.63, 3.8) is 0 Å². The van der Waals surface area contributed by atoms with E-state index in [9.17, 15) is 4.79 Å². The summed E-state index contributed by atoms with van der Waals surface area (Å²) in [6.07, 6.45) is 2.37. The molecule has 122 valence electrons. The van der Waals surface area contributed by atoms with Gasteiger partial charge in [0.2, 0.25) is 5.91 Å². The zero-order valence-electron chi connectivity index (χ0n) is 14.2. The minimum atomic E-state index is 0.135. The number of anilines is 1. The first-order valence-corrected chi connectivity index (χ1v) is 7.97. The van der Waals surface area contributed by atoms with Crippen molar-refractivity contribution < 1.29 is 9.53 Å². The summed E-state index contributed by atoms with van der Waals surface area (Å²) in [5, 5.41) is 4.41. The van der Waals surface area contributed by atoms with E-state index in [4.69, 9.17) is 4.74 Å². The third-order valence-electron chi connectivity index (χ3n) is 4.69. The van der Waals surface area contributed by atoms with E-state index >= 15 is 0 Å². The van der Waals surface area contributed by atoms with Gasteiger partial charge in [-0.1, -0.05) is 0 Å². The number of nitrogens with zero attached hydrogens (tertiary/aromatic N) is 3. The van der Waals surface area contributed by atoms with Crippen molar-refractivity contribution in [3.8, 4) is 5.75 Å². The van der Waals surface area contributed by atoms with E-state index in [1.54, 1.807) is 7.11 Å². The highest BCUT2D eigenvalue weighted by Gasteiger charge is 2.24. The van der Waals surface area contributed by atoms with Crippen molar-refractivity contribution >= 4 is 11.6 Å². The third-order valence-corrected chi connectivity index (χ3v) is 4.69. The Labute approximate surface area is 136 Å². The lowest BCUT2D eigenvalue weighted by Gasteiger charge is -2.30. The van der Waals surface area contributed by atoms with Gasteiger partial charge in [-0.3, -0.25) is 9.48 Å². The van der Waals surface area contributed by atoms with Crippen molar-refractivity contribution in [2.75, 3.05) is 18.6 Å². The number of methoxy groups -OCH3 is 1. The van der Waals surface area contributed by atoms with Gasteiger partial charge in [-0.25, -0.2) is 0 Å². The molecule has 2 aromatic rings. The summed E-state index contributed by atoms with van der Waals surface area (Å²) in [4.78, 5) is 14.8. The Kier molecular flexibility index (Phi) is 4.11. The van der Waals surface area contributed by atoms with Gasteiger partial charge >= 0.3 is 0 Å². The Balaban J connectivity index is 1.87. The fourth-order valence-corrected chi connectivity index (χ4v) is 3.28. The monoisotopic (exact) mass is 313 g/mol.